The number of fused-ring (bicyclic) bond motifs is 4. The summed E-state index contributed by atoms with van der Waals surface area (Å²) in [5, 5.41) is 0. The lowest BCUT2D eigenvalue weighted by atomic mass is 9.67. The standard InChI is InChI=1S/C71H61NO/c1-5-51(58-22-20-57-21-23-59(57)46-58)45-50(4)52-28-37-65(38-29-52)73-66-39-30-60(31-40-66)71(61-43-48(2)42-49(3)44-61)69-19-13-12-18-67(69)68-41-36-64(47-70(68)71)72(62-32-24-55(25-33-62)53-14-8-6-9-15-53)63-34-26-56(27-35-63)54-16-10-7-11-17-54/h6-20,22,24-44,46-47,50-51H,5,21,23,45H2,1-4H3. The van der Waals surface area contributed by atoms with Gasteiger partial charge in [-0.1, -0.05) is 201 Å². The number of benzene rings is 10. The zero-order chi connectivity index (χ0) is 49.5. The van der Waals surface area contributed by atoms with Crippen molar-refractivity contribution in [2.45, 2.75) is 70.6 Å². The summed E-state index contributed by atoms with van der Waals surface area (Å²) in [6, 6.07) is 87.4. The van der Waals surface area contributed by atoms with Gasteiger partial charge in [-0.25, -0.2) is 0 Å². The Morgan fingerprint density at radius 1 is 0.438 bits per heavy atom. The zero-order valence-corrected chi connectivity index (χ0v) is 42.4. The number of rotatable bonds is 14. The van der Waals surface area contributed by atoms with E-state index in [0.717, 1.165) is 41.4 Å². The second kappa shape index (κ2) is 19.4. The topological polar surface area (TPSA) is 12.5 Å². The van der Waals surface area contributed by atoms with Crippen molar-refractivity contribution in [1.82, 2.24) is 0 Å². The van der Waals surface area contributed by atoms with Crippen molar-refractivity contribution in [2.24, 2.45) is 0 Å². The van der Waals surface area contributed by atoms with Crippen molar-refractivity contribution >= 4 is 17.1 Å². The van der Waals surface area contributed by atoms with Gasteiger partial charge in [-0.3, -0.25) is 0 Å². The van der Waals surface area contributed by atoms with Gasteiger partial charge in [0.25, 0.3) is 0 Å². The van der Waals surface area contributed by atoms with E-state index in [2.05, 4.69) is 269 Å². The molecule has 0 amide bonds. The van der Waals surface area contributed by atoms with Crippen LogP contribution in [0.4, 0.5) is 17.1 Å². The SMILES string of the molecule is CCC(CC(C)c1ccc(Oc2ccc(C3(c4cc(C)cc(C)c4)c4ccccc4-c4ccc(N(c5ccc(-c6ccccc6)cc5)c5ccc(-c6ccccc6)cc5)cc43)cc2)cc1)c1ccc2c(c1)CC2. The second-order valence-electron chi connectivity index (χ2n) is 20.5. The summed E-state index contributed by atoms with van der Waals surface area (Å²) in [5.41, 5.74) is 23.3. The number of nitrogens with zero attached hydrogens (tertiary/aromatic N) is 1. The average Bonchev–Trinajstić information content (AvgIpc) is 3.72. The maximum Gasteiger partial charge on any atom is 0.127 e. The van der Waals surface area contributed by atoms with Gasteiger partial charge in [0, 0.05) is 17.1 Å². The van der Waals surface area contributed by atoms with Crippen molar-refractivity contribution < 1.29 is 4.74 Å². The Morgan fingerprint density at radius 3 is 1.53 bits per heavy atom. The molecule has 2 heteroatoms. The van der Waals surface area contributed by atoms with Gasteiger partial charge in [0.05, 0.1) is 5.41 Å². The first-order chi connectivity index (χ1) is 35.8. The van der Waals surface area contributed by atoms with Crippen LogP contribution in [0.5, 0.6) is 11.5 Å². The average molecular weight is 944 g/mol. The predicted molar refractivity (Wildman–Crippen MR) is 305 cm³/mol. The molecule has 0 saturated heterocycles. The highest BCUT2D eigenvalue weighted by Crippen LogP contribution is 2.58. The molecular formula is C71H61NO. The third-order valence-corrected chi connectivity index (χ3v) is 15.9. The molecule has 2 nitrogen and oxygen atoms in total. The van der Waals surface area contributed by atoms with E-state index in [1.165, 1.54) is 96.3 Å². The Labute approximate surface area is 432 Å². The van der Waals surface area contributed by atoms with E-state index >= 15 is 0 Å². The van der Waals surface area contributed by atoms with Gasteiger partial charge in [-0.15, -0.1) is 0 Å². The van der Waals surface area contributed by atoms with Crippen LogP contribution < -0.4 is 9.64 Å². The third-order valence-electron chi connectivity index (χ3n) is 15.9. The minimum Gasteiger partial charge on any atom is -0.457 e. The lowest BCUT2D eigenvalue weighted by Gasteiger charge is -2.35. The van der Waals surface area contributed by atoms with Crippen LogP contribution >= 0.6 is 0 Å². The first kappa shape index (κ1) is 45.9. The van der Waals surface area contributed by atoms with Gasteiger partial charge in [0.2, 0.25) is 0 Å². The summed E-state index contributed by atoms with van der Waals surface area (Å²) >= 11 is 0. The highest BCUT2D eigenvalue weighted by Gasteiger charge is 2.46. The Hall–Kier alpha value is -8.20. The first-order valence-corrected chi connectivity index (χ1v) is 26.3. The maximum atomic E-state index is 6.66. The van der Waals surface area contributed by atoms with Gasteiger partial charge >= 0.3 is 0 Å². The molecule has 0 spiro atoms. The van der Waals surface area contributed by atoms with Gasteiger partial charge in [0.1, 0.15) is 11.5 Å². The molecule has 0 N–H and O–H groups in total. The van der Waals surface area contributed by atoms with Crippen LogP contribution in [0.3, 0.4) is 0 Å². The molecule has 0 radical (unpaired) electrons. The summed E-state index contributed by atoms with van der Waals surface area (Å²) in [6.45, 7) is 9.15. The zero-order valence-electron chi connectivity index (χ0n) is 42.4. The van der Waals surface area contributed by atoms with Crippen molar-refractivity contribution in [3.8, 4) is 44.9 Å². The molecule has 0 aromatic heterocycles. The van der Waals surface area contributed by atoms with Crippen LogP contribution in [0.1, 0.15) is 94.2 Å². The van der Waals surface area contributed by atoms with Crippen molar-refractivity contribution in [3.63, 3.8) is 0 Å². The van der Waals surface area contributed by atoms with Crippen molar-refractivity contribution in [1.29, 1.82) is 0 Å². The number of hydrogen-bond acceptors (Lipinski definition) is 2. The molecule has 0 saturated carbocycles. The molecule has 0 bridgehead atoms. The summed E-state index contributed by atoms with van der Waals surface area (Å²) in [6.07, 6.45) is 4.74. The van der Waals surface area contributed by atoms with Crippen molar-refractivity contribution in [3.05, 3.63) is 292 Å². The second-order valence-corrected chi connectivity index (χ2v) is 20.5. The van der Waals surface area contributed by atoms with E-state index < -0.39 is 5.41 Å². The van der Waals surface area contributed by atoms with Crippen LogP contribution in [0.2, 0.25) is 0 Å². The number of anilines is 3. The molecule has 10 aromatic rings. The molecule has 12 rings (SSSR count). The molecule has 3 unspecified atom stereocenters. The largest absolute Gasteiger partial charge is 0.457 e. The fraction of sp³-hybridized carbons (Fsp3) is 0.155. The summed E-state index contributed by atoms with van der Waals surface area (Å²) in [5.74, 6) is 2.66. The van der Waals surface area contributed by atoms with Crippen LogP contribution in [0, 0.1) is 13.8 Å². The monoisotopic (exact) mass is 943 g/mol. The Kier molecular flexibility index (Phi) is 12.2. The van der Waals surface area contributed by atoms with Gasteiger partial charge < -0.3 is 9.64 Å². The number of aryl methyl sites for hydroxylation is 4. The van der Waals surface area contributed by atoms with Gasteiger partial charge in [0.15, 0.2) is 0 Å². The minimum absolute atomic E-state index is 0.441. The van der Waals surface area contributed by atoms with E-state index in [1.807, 2.05) is 0 Å². The van der Waals surface area contributed by atoms with Crippen molar-refractivity contribution in [2.75, 3.05) is 4.90 Å². The van der Waals surface area contributed by atoms with Crippen LogP contribution in [-0.2, 0) is 18.3 Å². The summed E-state index contributed by atoms with van der Waals surface area (Å²) < 4.78 is 6.66. The molecule has 356 valence electrons. The molecule has 0 aliphatic heterocycles. The normalized spacial score (nSPS) is 15.1. The van der Waals surface area contributed by atoms with Gasteiger partial charge in [-0.2, -0.15) is 0 Å². The molecule has 3 atom stereocenters. The lowest BCUT2D eigenvalue weighted by Crippen LogP contribution is -2.29. The van der Waals surface area contributed by atoms with Gasteiger partial charge in [-0.05, 0) is 190 Å². The minimum atomic E-state index is -0.619. The Bertz CT molecular complexity index is 3460. The molecule has 2 aliphatic carbocycles. The molecular weight excluding hydrogens is 883 g/mol. The fourth-order valence-corrected chi connectivity index (χ4v) is 12.0. The van der Waals surface area contributed by atoms with Crippen LogP contribution in [-0.4, -0.2) is 0 Å². The molecule has 0 fully saturated rings. The van der Waals surface area contributed by atoms with Crippen LogP contribution in [0.25, 0.3) is 33.4 Å². The molecule has 10 aromatic carbocycles. The highest BCUT2D eigenvalue weighted by molar-refractivity contribution is 5.90. The molecule has 0 heterocycles. The third kappa shape index (κ3) is 8.65. The Balaban J connectivity index is 0.918. The van der Waals surface area contributed by atoms with E-state index in [0.29, 0.717) is 11.8 Å². The molecule has 73 heavy (non-hydrogen) atoms. The lowest BCUT2D eigenvalue weighted by molar-refractivity contribution is 0.481. The fourth-order valence-electron chi connectivity index (χ4n) is 12.0. The first-order valence-electron chi connectivity index (χ1n) is 26.3. The smallest absolute Gasteiger partial charge is 0.127 e. The highest BCUT2D eigenvalue weighted by atomic mass is 16.5. The quantitative estimate of drug-likeness (QED) is 0.108. The maximum absolute atomic E-state index is 6.66. The van der Waals surface area contributed by atoms with E-state index in [9.17, 15) is 0 Å². The summed E-state index contributed by atoms with van der Waals surface area (Å²) in [4.78, 5) is 2.41. The number of ether oxygens (including phenoxy) is 1. The number of hydrogen-bond donors (Lipinski definition) is 0. The van der Waals surface area contributed by atoms with E-state index in [-0.39, 0.29) is 0 Å². The Morgan fingerprint density at radius 2 is 0.959 bits per heavy atom. The molecule has 2 aliphatic rings. The van der Waals surface area contributed by atoms with E-state index in [1.54, 1.807) is 5.56 Å². The summed E-state index contributed by atoms with van der Waals surface area (Å²) in [7, 11) is 0. The van der Waals surface area contributed by atoms with E-state index in [4.69, 9.17) is 4.74 Å². The predicted octanol–water partition coefficient (Wildman–Crippen LogP) is 19.0. The van der Waals surface area contributed by atoms with Crippen LogP contribution in [0.15, 0.2) is 237 Å².